The second-order valence-electron chi connectivity index (χ2n) is 6.82. The molecule has 0 aromatic carbocycles. The molecule has 2 nitrogen and oxygen atoms in total. The third kappa shape index (κ3) is 3.27. The van der Waals surface area contributed by atoms with Crippen LogP contribution in [-0.4, -0.2) is 12.6 Å². The molecule has 2 heteroatoms. The molecule has 1 saturated heterocycles. The molecule has 2 rings (SSSR count). The number of cyclic esters (lactones) is 1. The third-order valence-corrected chi connectivity index (χ3v) is 5.22. The van der Waals surface area contributed by atoms with E-state index in [9.17, 15) is 4.79 Å². The van der Waals surface area contributed by atoms with Gasteiger partial charge in [-0.15, -0.1) is 0 Å². The maximum Gasteiger partial charge on any atom is 0.309 e. The molecule has 1 heterocycles. The van der Waals surface area contributed by atoms with Crippen LogP contribution in [0.5, 0.6) is 0 Å². The van der Waals surface area contributed by atoms with Gasteiger partial charge in [0.25, 0.3) is 0 Å². The number of carbonyl (C=O) groups excluding carboxylic acids is 1. The van der Waals surface area contributed by atoms with Crippen molar-refractivity contribution in [1.82, 2.24) is 0 Å². The summed E-state index contributed by atoms with van der Waals surface area (Å²) in [5.74, 6) is 2.96. The summed E-state index contributed by atoms with van der Waals surface area (Å²) in [6, 6.07) is 0. The molecule has 2 fully saturated rings. The third-order valence-electron chi connectivity index (χ3n) is 5.22. The summed E-state index contributed by atoms with van der Waals surface area (Å²) >= 11 is 0. The molecule has 1 unspecified atom stereocenters. The minimum atomic E-state index is 0.0768. The number of hydrogen-bond acceptors (Lipinski definition) is 2. The van der Waals surface area contributed by atoms with E-state index in [1.54, 1.807) is 0 Å². The number of carbonyl (C=O) groups is 1. The minimum absolute atomic E-state index is 0.0768. The predicted molar refractivity (Wildman–Crippen MR) is 73.1 cm³/mol. The highest BCUT2D eigenvalue weighted by Crippen LogP contribution is 2.36. The molecule has 0 amide bonds. The van der Waals surface area contributed by atoms with Crippen molar-refractivity contribution in [1.29, 1.82) is 0 Å². The molecule has 2 aliphatic rings. The van der Waals surface area contributed by atoms with Gasteiger partial charge in [-0.05, 0) is 62.2 Å². The monoisotopic (exact) mass is 252 g/mol. The lowest BCUT2D eigenvalue weighted by Gasteiger charge is -2.27. The van der Waals surface area contributed by atoms with E-state index in [2.05, 4.69) is 20.8 Å². The topological polar surface area (TPSA) is 26.3 Å². The fourth-order valence-corrected chi connectivity index (χ4v) is 3.61. The van der Waals surface area contributed by atoms with E-state index >= 15 is 0 Å². The minimum Gasteiger partial charge on any atom is -0.465 e. The van der Waals surface area contributed by atoms with Crippen LogP contribution < -0.4 is 0 Å². The van der Waals surface area contributed by atoms with Crippen molar-refractivity contribution < 1.29 is 9.53 Å². The molecular weight excluding hydrogens is 224 g/mol. The van der Waals surface area contributed by atoms with Crippen LogP contribution in [0.15, 0.2) is 0 Å². The first-order chi connectivity index (χ1) is 8.58. The van der Waals surface area contributed by atoms with E-state index < -0.39 is 0 Å². The molecule has 1 aliphatic heterocycles. The Hall–Kier alpha value is -0.530. The Morgan fingerprint density at radius 2 is 1.72 bits per heavy atom. The van der Waals surface area contributed by atoms with Gasteiger partial charge in [0.15, 0.2) is 0 Å². The van der Waals surface area contributed by atoms with Gasteiger partial charge in [-0.25, -0.2) is 0 Å². The van der Waals surface area contributed by atoms with E-state index in [0.717, 1.165) is 18.3 Å². The van der Waals surface area contributed by atoms with Crippen molar-refractivity contribution in [3.63, 3.8) is 0 Å². The second kappa shape index (κ2) is 6.08. The number of fused-ring (bicyclic) bond motifs is 3. The van der Waals surface area contributed by atoms with Crippen molar-refractivity contribution in [3.8, 4) is 0 Å². The summed E-state index contributed by atoms with van der Waals surface area (Å²) < 4.78 is 5.49. The quantitative estimate of drug-likeness (QED) is 0.658. The molecule has 4 atom stereocenters. The van der Waals surface area contributed by atoms with Gasteiger partial charge >= 0.3 is 5.97 Å². The van der Waals surface area contributed by atoms with Crippen LogP contribution in [0.3, 0.4) is 0 Å². The lowest BCUT2D eigenvalue weighted by atomic mass is 9.77. The van der Waals surface area contributed by atoms with Crippen molar-refractivity contribution in [2.45, 2.75) is 59.3 Å². The van der Waals surface area contributed by atoms with E-state index in [-0.39, 0.29) is 11.9 Å². The van der Waals surface area contributed by atoms with Crippen molar-refractivity contribution in [2.24, 2.45) is 29.6 Å². The van der Waals surface area contributed by atoms with Gasteiger partial charge in [0.2, 0.25) is 0 Å². The summed E-state index contributed by atoms with van der Waals surface area (Å²) in [4.78, 5) is 12.0. The van der Waals surface area contributed by atoms with Crippen molar-refractivity contribution >= 4 is 5.97 Å². The van der Waals surface area contributed by atoms with Gasteiger partial charge in [0.1, 0.15) is 0 Å². The van der Waals surface area contributed by atoms with Gasteiger partial charge in [0, 0.05) is 0 Å². The van der Waals surface area contributed by atoms with Gasteiger partial charge < -0.3 is 4.74 Å². The van der Waals surface area contributed by atoms with Gasteiger partial charge in [0.05, 0.1) is 12.5 Å². The average molecular weight is 252 g/mol. The highest BCUT2D eigenvalue weighted by molar-refractivity contribution is 5.73. The van der Waals surface area contributed by atoms with Crippen LogP contribution in [-0.2, 0) is 9.53 Å². The Bertz CT molecular complexity index is 285. The van der Waals surface area contributed by atoms with Crippen LogP contribution in [0, 0.1) is 29.6 Å². The predicted octanol–water partition coefficient (Wildman–Crippen LogP) is 4.04. The first kappa shape index (κ1) is 13.9. The zero-order valence-corrected chi connectivity index (χ0v) is 12.2. The summed E-state index contributed by atoms with van der Waals surface area (Å²) in [6.45, 7) is 7.60. The van der Waals surface area contributed by atoms with E-state index in [4.69, 9.17) is 4.74 Å². The van der Waals surface area contributed by atoms with E-state index in [0.29, 0.717) is 18.4 Å². The molecule has 1 saturated carbocycles. The Morgan fingerprint density at radius 1 is 1.06 bits per heavy atom. The molecular formula is C16H28O2. The number of hydrogen-bond donors (Lipinski definition) is 0. The Balaban J connectivity index is 2.09. The van der Waals surface area contributed by atoms with Crippen LogP contribution in [0.4, 0.5) is 0 Å². The summed E-state index contributed by atoms with van der Waals surface area (Å²) in [6.07, 6.45) is 7.28. The standard InChI is InChI=1S/C16H28O2/c1-11(2)14-7-4-12(3)15-9-6-13(5-8-14)10-18-16(15)17/h11-15H,4-10H2,1-3H3/t12-,13-,14-,15?/m1/s1. The molecule has 1 aliphatic carbocycles. The van der Waals surface area contributed by atoms with Crippen LogP contribution in [0.25, 0.3) is 0 Å². The second-order valence-corrected chi connectivity index (χ2v) is 6.82. The first-order valence-electron chi connectivity index (χ1n) is 7.74. The molecule has 0 spiro atoms. The molecule has 0 aromatic rings. The Labute approximate surface area is 111 Å². The maximum atomic E-state index is 12.0. The number of ether oxygens (including phenoxy) is 1. The first-order valence-corrected chi connectivity index (χ1v) is 7.74. The summed E-state index contributed by atoms with van der Waals surface area (Å²) in [5, 5.41) is 0. The fourth-order valence-electron chi connectivity index (χ4n) is 3.61. The van der Waals surface area contributed by atoms with Crippen LogP contribution >= 0.6 is 0 Å². The van der Waals surface area contributed by atoms with Crippen molar-refractivity contribution in [3.05, 3.63) is 0 Å². The molecule has 104 valence electrons. The van der Waals surface area contributed by atoms with Gasteiger partial charge in [-0.3, -0.25) is 4.79 Å². The van der Waals surface area contributed by atoms with Crippen molar-refractivity contribution in [2.75, 3.05) is 6.61 Å². The Morgan fingerprint density at radius 3 is 2.44 bits per heavy atom. The van der Waals surface area contributed by atoms with Gasteiger partial charge in [-0.1, -0.05) is 20.8 Å². The van der Waals surface area contributed by atoms with Gasteiger partial charge in [-0.2, -0.15) is 0 Å². The smallest absolute Gasteiger partial charge is 0.309 e. The SMILES string of the molecule is CC(C)[C@H]1CC[C@@H]2CCC(C(=O)OC2)[C@H](C)CC1. The lowest BCUT2D eigenvalue weighted by Crippen LogP contribution is -2.23. The summed E-state index contributed by atoms with van der Waals surface area (Å²) in [5.41, 5.74) is 0. The summed E-state index contributed by atoms with van der Waals surface area (Å²) in [7, 11) is 0. The largest absolute Gasteiger partial charge is 0.465 e. The molecule has 2 bridgehead atoms. The van der Waals surface area contributed by atoms with Crippen LogP contribution in [0.2, 0.25) is 0 Å². The highest BCUT2D eigenvalue weighted by Gasteiger charge is 2.33. The van der Waals surface area contributed by atoms with Crippen LogP contribution in [0.1, 0.15) is 59.3 Å². The lowest BCUT2D eigenvalue weighted by molar-refractivity contribution is -0.149. The normalized spacial score (nSPS) is 38.3. The molecule has 0 N–H and O–H groups in total. The highest BCUT2D eigenvalue weighted by atomic mass is 16.5. The van der Waals surface area contributed by atoms with E-state index in [1.807, 2.05) is 0 Å². The average Bonchev–Trinajstić information content (AvgIpc) is 2.52. The molecule has 0 radical (unpaired) electrons. The molecule has 0 aromatic heterocycles. The van der Waals surface area contributed by atoms with E-state index in [1.165, 1.54) is 32.1 Å². The molecule has 18 heavy (non-hydrogen) atoms. The zero-order chi connectivity index (χ0) is 13.1. The zero-order valence-electron chi connectivity index (χ0n) is 12.2. The fraction of sp³-hybridized carbons (Fsp3) is 0.938. The number of rotatable bonds is 1. The Kier molecular flexibility index (Phi) is 4.69. The maximum absolute atomic E-state index is 12.0. The number of esters is 1.